The number of hydrogen-bond acceptors (Lipinski definition) is 4. The summed E-state index contributed by atoms with van der Waals surface area (Å²) in [7, 11) is 0. The molecule has 2 atom stereocenters. The van der Waals surface area contributed by atoms with E-state index in [9.17, 15) is 0 Å². The lowest BCUT2D eigenvalue weighted by Gasteiger charge is -2.18. The molecule has 2 rings (SSSR count). The molecule has 0 bridgehead atoms. The first-order chi connectivity index (χ1) is 8.36. The Morgan fingerprint density at radius 2 is 2.22 bits per heavy atom. The van der Waals surface area contributed by atoms with Gasteiger partial charge in [-0.3, -0.25) is 4.90 Å². The number of nitrogens with two attached hydrogens (primary N) is 1. The normalized spacial score (nSPS) is 23.5. The summed E-state index contributed by atoms with van der Waals surface area (Å²) >= 11 is 0. The van der Waals surface area contributed by atoms with Crippen LogP contribution in [-0.2, 0) is 12.1 Å². The molecule has 1 aliphatic rings. The third-order valence-electron chi connectivity index (χ3n) is 3.67. The third kappa shape index (κ3) is 3.09. The Labute approximate surface area is 109 Å². The second kappa shape index (κ2) is 4.97. The lowest BCUT2D eigenvalue weighted by Crippen LogP contribution is -2.29. The fourth-order valence-corrected chi connectivity index (χ4v) is 2.36. The zero-order chi connectivity index (χ0) is 13.3. The minimum atomic E-state index is 0.00453. The van der Waals surface area contributed by atoms with E-state index < -0.39 is 0 Å². The van der Waals surface area contributed by atoms with Gasteiger partial charge >= 0.3 is 0 Å². The average molecular weight is 251 g/mol. The molecule has 1 aliphatic heterocycles. The van der Waals surface area contributed by atoms with Crippen LogP contribution in [-0.4, -0.2) is 39.0 Å². The molecule has 2 unspecified atom stereocenters. The zero-order valence-corrected chi connectivity index (χ0v) is 11.9. The second-order valence-corrected chi connectivity index (χ2v) is 6.47. The van der Waals surface area contributed by atoms with Crippen molar-refractivity contribution >= 4 is 0 Å². The minimum Gasteiger partial charge on any atom is -0.328 e. The SMILES string of the molecule is CC(N)C1CCN(Cc2cn(C(C)(C)C)nn2)C1. The minimum absolute atomic E-state index is 0.00453. The van der Waals surface area contributed by atoms with Crippen LogP contribution >= 0.6 is 0 Å². The van der Waals surface area contributed by atoms with Crippen LogP contribution in [0.15, 0.2) is 6.20 Å². The maximum atomic E-state index is 5.96. The maximum absolute atomic E-state index is 5.96. The van der Waals surface area contributed by atoms with E-state index in [4.69, 9.17) is 5.73 Å². The van der Waals surface area contributed by atoms with Crippen molar-refractivity contribution in [2.45, 2.75) is 52.2 Å². The average Bonchev–Trinajstić information content (AvgIpc) is 2.85. The van der Waals surface area contributed by atoms with Gasteiger partial charge < -0.3 is 5.73 Å². The summed E-state index contributed by atoms with van der Waals surface area (Å²) in [5, 5.41) is 8.46. The van der Waals surface area contributed by atoms with Crippen LogP contribution in [0, 0.1) is 5.92 Å². The fourth-order valence-electron chi connectivity index (χ4n) is 2.36. The second-order valence-electron chi connectivity index (χ2n) is 6.47. The van der Waals surface area contributed by atoms with Crippen molar-refractivity contribution in [1.82, 2.24) is 19.9 Å². The van der Waals surface area contributed by atoms with Crippen molar-refractivity contribution in [3.63, 3.8) is 0 Å². The van der Waals surface area contributed by atoms with E-state index in [0.29, 0.717) is 12.0 Å². The zero-order valence-electron chi connectivity index (χ0n) is 11.9. The van der Waals surface area contributed by atoms with E-state index in [0.717, 1.165) is 25.3 Å². The monoisotopic (exact) mass is 251 g/mol. The first kappa shape index (κ1) is 13.5. The molecule has 0 radical (unpaired) electrons. The largest absolute Gasteiger partial charge is 0.328 e. The lowest BCUT2D eigenvalue weighted by atomic mass is 10.0. The number of likely N-dealkylation sites (tertiary alicyclic amines) is 1. The Morgan fingerprint density at radius 3 is 2.72 bits per heavy atom. The summed E-state index contributed by atoms with van der Waals surface area (Å²) in [5.74, 6) is 0.627. The van der Waals surface area contributed by atoms with Gasteiger partial charge in [0.1, 0.15) is 0 Å². The molecule has 5 heteroatoms. The van der Waals surface area contributed by atoms with Crippen LogP contribution in [0.2, 0.25) is 0 Å². The molecule has 1 aromatic heterocycles. The molecule has 1 fully saturated rings. The summed E-state index contributed by atoms with van der Waals surface area (Å²) in [6.45, 7) is 11.6. The Morgan fingerprint density at radius 1 is 1.50 bits per heavy atom. The highest BCUT2D eigenvalue weighted by Crippen LogP contribution is 2.20. The molecule has 18 heavy (non-hydrogen) atoms. The first-order valence-electron chi connectivity index (χ1n) is 6.76. The summed E-state index contributed by atoms with van der Waals surface area (Å²) in [6, 6.07) is 0.292. The smallest absolute Gasteiger partial charge is 0.0967 e. The number of rotatable bonds is 3. The number of aromatic nitrogens is 3. The van der Waals surface area contributed by atoms with Crippen LogP contribution in [0.4, 0.5) is 0 Å². The third-order valence-corrected chi connectivity index (χ3v) is 3.67. The van der Waals surface area contributed by atoms with Crippen molar-refractivity contribution in [2.75, 3.05) is 13.1 Å². The van der Waals surface area contributed by atoms with Gasteiger partial charge in [0.05, 0.1) is 17.4 Å². The van der Waals surface area contributed by atoms with Crippen LogP contribution in [0.1, 0.15) is 39.8 Å². The molecular formula is C13H25N5. The van der Waals surface area contributed by atoms with E-state index in [1.165, 1.54) is 6.42 Å². The van der Waals surface area contributed by atoms with Gasteiger partial charge in [0.15, 0.2) is 0 Å². The van der Waals surface area contributed by atoms with Gasteiger partial charge in [-0.15, -0.1) is 5.10 Å². The molecule has 0 aliphatic carbocycles. The molecule has 0 saturated carbocycles. The van der Waals surface area contributed by atoms with Gasteiger partial charge in [-0.25, -0.2) is 4.68 Å². The van der Waals surface area contributed by atoms with Gasteiger partial charge in [0.25, 0.3) is 0 Å². The summed E-state index contributed by atoms with van der Waals surface area (Å²) in [4.78, 5) is 2.42. The highest BCUT2D eigenvalue weighted by atomic mass is 15.4. The molecule has 0 aromatic carbocycles. The van der Waals surface area contributed by atoms with Crippen molar-refractivity contribution < 1.29 is 0 Å². The number of hydrogen-bond donors (Lipinski definition) is 1. The van der Waals surface area contributed by atoms with E-state index in [1.807, 2.05) is 4.68 Å². The maximum Gasteiger partial charge on any atom is 0.0967 e. The molecule has 5 nitrogen and oxygen atoms in total. The fraction of sp³-hybridized carbons (Fsp3) is 0.846. The molecule has 1 saturated heterocycles. The van der Waals surface area contributed by atoms with Gasteiger partial charge in [-0.05, 0) is 46.6 Å². The molecule has 2 heterocycles. The van der Waals surface area contributed by atoms with E-state index >= 15 is 0 Å². The van der Waals surface area contributed by atoms with Crippen LogP contribution in [0.3, 0.4) is 0 Å². The quantitative estimate of drug-likeness (QED) is 0.877. The number of nitrogens with zero attached hydrogens (tertiary/aromatic N) is 4. The van der Waals surface area contributed by atoms with Crippen molar-refractivity contribution in [3.05, 3.63) is 11.9 Å². The Kier molecular flexibility index (Phi) is 3.73. The van der Waals surface area contributed by atoms with E-state index in [2.05, 4.69) is 49.1 Å². The van der Waals surface area contributed by atoms with E-state index in [-0.39, 0.29) is 5.54 Å². The molecular weight excluding hydrogens is 226 g/mol. The van der Waals surface area contributed by atoms with Crippen LogP contribution in [0.25, 0.3) is 0 Å². The predicted octanol–water partition coefficient (Wildman–Crippen LogP) is 1.20. The van der Waals surface area contributed by atoms with Crippen LogP contribution < -0.4 is 5.73 Å². The summed E-state index contributed by atoms with van der Waals surface area (Å²) < 4.78 is 1.93. The Balaban J connectivity index is 1.93. The standard InChI is InChI=1S/C13H25N5/c1-10(14)11-5-6-17(7-11)8-12-9-18(16-15-12)13(2,3)4/h9-11H,5-8,14H2,1-4H3. The Bertz CT molecular complexity index is 390. The highest BCUT2D eigenvalue weighted by molar-refractivity contribution is 4.96. The van der Waals surface area contributed by atoms with Crippen LogP contribution in [0.5, 0.6) is 0 Å². The van der Waals surface area contributed by atoms with Gasteiger partial charge in [-0.1, -0.05) is 5.21 Å². The van der Waals surface area contributed by atoms with Crippen molar-refractivity contribution in [2.24, 2.45) is 11.7 Å². The van der Waals surface area contributed by atoms with Gasteiger partial charge in [0.2, 0.25) is 0 Å². The van der Waals surface area contributed by atoms with Gasteiger partial charge in [0, 0.05) is 19.1 Å². The first-order valence-corrected chi connectivity index (χ1v) is 6.76. The van der Waals surface area contributed by atoms with Crippen molar-refractivity contribution in [1.29, 1.82) is 0 Å². The predicted molar refractivity (Wildman–Crippen MR) is 72.1 cm³/mol. The topological polar surface area (TPSA) is 60.0 Å². The molecule has 1 aromatic rings. The summed E-state index contributed by atoms with van der Waals surface area (Å²) in [6.07, 6.45) is 3.25. The van der Waals surface area contributed by atoms with Gasteiger partial charge in [-0.2, -0.15) is 0 Å². The van der Waals surface area contributed by atoms with Crippen molar-refractivity contribution in [3.8, 4) is 0 Å². The molecule has 0 spiro atoms. The van der Waals surface area contributed by atoms with E-state index in [1.54, 1.807) is 0 Å². The summed E-state index contributed by atoms with van der Waals surface area (Å²) in [5.41, 5.74) is 7.01. The lowest BCUT2D eigenvalue weighted by molar-refractivity contribution is 0.305. The molecule has 102 valence electrons. The Hall–Kier alpha value is -0.940. The molecule has 0 amide bonds. The molecule has 2 N–H and O–H groups in total. The highest BCUT2D eigenvalue weighted by Gasteiger charge is 2.26.